The fourth-order valence-electron chi connectivity index (χ4n) is 3.38. The van der Waals surface area contributed by atoms with Crippen LogP contribution in [0.15, 0.2) is 72.3 Å². The van der Waals surface area contributed by atoms with Gasteiger partial charge in [0.25, 0.3) is 11.8 Å². The van der Waals surface area contributed by atoms with Crippen LogP contribution in [0.3, 0.4) is 0 Å². The number of aromatic hydroxyl groups is 1. The van der Waals surface area contributed by atoms with Gasteiger partial charge in [0.15, 0.2) is 0 Å². The third-order valence-corrected chi connectivity index (χ3v) is 5.14. The molecule has 6 nitrogen and oxygen atoms in total. The number of phenolic OH excluding ortho intramolecular Hbond substituents is 1. The van der Waals surface area contributed by atoms with Crippen molar-refractivity contribution in [2.75, 3.05) is 4.90 Å². The summed E-state index contributed by atoms with van der Waals surface area (Å²) in [6.07, 6.45) is 1.70. The van der Waals surface area contributed by atoms with E-state index in [0.29, 0.717) is 28.1 Å². The van der Waals surface area contributed by atoms with Crippen LogP contribution in [0.1, 0.15) is 16.7 Å². The molecule has 160 valence electrons. The molecule has 0 spiro atoms. The normalized spacial score (nSPS) is 15.2. The van der Waals surface area contributed by atoms with Gasteiger partial charge in [0.2, 0.25) is 0 Å². The summed E-state index contributed by atoms with van der Waals surface area (Å²) in [5.74, 6) is -2.07. The quantitative estimate of drug-likeness (QED) is 0.454. The van der Waals surface area contributed by atoms with Crippen molar-refractivity contribution >= 4 is 41.2 Å². The van der Waals surface area contributed by atoms with Crippen LogP contribution in [0.2, 0.25) is 5.02 Å². The second-order valence-corrected chi connectivity index (χ2v) is 7.56. The van der Waals surface area contributed by atoms with Crippen LogP contribution in [-0.2, 0) is 16.0 Å². The summed E-state index contributed by atoms with van der Waals surface area (Å²) in [4.78, 5) is 38.7. The van der Waals surface area contributed by atoms with Gasteiger partial charge < -0.3 is 5.11 Å². The van der Waals surface area contributed by atoms with Crippen molar-refractivity contribution in [2.45, 2.75) is 6.42 Å². The van der Waals surface area contributed by atoms with Gasteiger partial charge in [-0.2, -0.15) is 0 Å². The van der Waals surface area contributed by atoms with E-state index in [2.05, 4.69) is 5.32 Å². The zero-order valence-corrected chi connectivity index (χ0v) is 17.3. The first kappa shape index (κ1) is 21.3. The highest BCUT2D eigenvalue weighted by Crippen LogP contribution is 2.26. The van der Waals surface area contributed by atoms with Gasteiger partial charge in [-0.25, -0.2) is 14.1 Å². The van der Waals surface area contributed by atoms with Crippen molar-refractivity contribution in [3.05, 3.63) is 99.8 Å². The highest BCUT2D eigenvalue weighted by Gasteiger charge is 2.36. The molecule has 0 aliphatic carbocycles. The molecule has 0 aromatic heterocycles. The highest BCUT2D eigenvalue weighted by molar-refractivity contribution is 6.39. The second kappa shape index (κ2) is 8.64. The minimum Gasteiger partial charge on any atom is -0.508 e. The molecule has 2 N–H and O–H groups in total. The van der Waals surface area contributed by atoms with E-state index in [1.165, 1.54) is 42.5 Å². The Morgan fingerprint density at radius 2 is 1.75 bits per heavy atom. The van der Waals surface area contributed by atoms with Crippen molar-refractivity contribution < 1.29 is 23.9 Å². The van der Waals surface area contributed by atoms with Gasteiger partial charge in [-0.15, -0.1) is 0 Å². The smallest absolute Gasteiger partial charge is 0.335 e. The molecule has 1 heterocycles. The number of carbonyl (C=O) groups excluding carboxylic acids is 3. The summed E-state index contributed by atoms with van der Waals surface area (Å²) in [6.45, 7) is 0. The molecule has 0 unspecified atom stereocenters. The number of rotatable bonds is 4. The van der Waals surface area contributed by atoms with Crippen molar-refractivity contribution in [2.24, 2.45) is 0 Å². The van der Waals surface area contributed by atoms with Crippen LogP contribution in [0.25, 0.3) is 6.08 Å². The second-order valence-electron chi connectivity index (χ2n) is 7.12. The number of nitrogens with zero attached hydrogens (tertiary/aromatic N) is 1. The molecule has 4 rings (SSSR count). The van der Waals surface area contributed by atoms with Crippen molar-refractivity contribution in [1.29, 1.82) is 0 Å². The first-order chi connectivity index (χ1) is 15.3. The van der Waals surface area contributed by atoms with Gasteiger partial charge in [-0.05, 0) is 77.7 Å². The van der Waals surface area contributed by atoms with Gasteiger partial charge in [0, 0.05) is 5.02 Å². The largest absolute Gasteiger partial charge is 0.508 e. The maximum Gasteiger partial charge on any atom is 0.335 e. The topological polar surface area (TPSA) is 86.7 Å². The average Bonchev–Trinajstić information content (AvgIpc) is 2.74. The van der Waals surface area contributed by atoms with E-state index in [1.807, 2.05) is 0 Å². The molecule has 0 radical (unpaired) electrons. The number of urea groups is 1. The molecule has 0 saturated carbocycles. The van der Waals surface area contributed by atoms with Crippen molar-refractivity contribution in [3.63, 3.8) is 0 Å². The lowest BCUT2D eigenvalue weighted by Gasteiger charge is -2.26. The van der Waals surface area contributed by atoms with Crippen LogP contribution >= 0.6 is 11.6 Å². The zero-order valence-electron chi connectivity index (χ0n) is 16.5. The lowest BCUT2D eigenvalue weighted by Crippen LogP contribution is -2.54. The van der Waals surface area contributed by atoms with E-state index in [1.54, 1.807) is 30.3 Å². The predicted octanol–water partition coefficient (Wildman–Crippen LogP) is 4.44. The van der Waals surface area contributed by atoms with Gasteiger partial charge in [-0.1, -0.05) is 29.8 Å². The van der Waals surface area contributed by atoms with Gasteiger partial charge in [0.05, 0.1) is 5.69 Å². The minimum atomic E-state index is -0.895. The summed E-state index contributed by atoms with van der Waals surface area (Å²) in [5, 5.41) is 12.0. The molecule has 1 aliphatic rings. The number of amides is 4. The summed E-state index contributed by atoms with van der Waals surface area (Å²) in [5.41, 5.74) is 1.82. The van der Waals surface area contributed by atoms with Gasteiger partial charge in [0.1, 0.15) is 17.1 Å². The van der Waals surface area contributed by atoms with Crippen LogP contribution in [0.4, 0.5) is 14.9 Å². The average molecular weight is 451 g/mol. The molecule has 1 aliphatic heterocycles. The number of benzene rings is 3. The Kier molecular flexibility index (Phi) is 5.75. The third-order valence-electron chi connectivity index (χ3n) is 4.90. The number of anilines is 1. The Morgan fingerprint density at radius 1 is 1.00 bits per heavy atom. The fraction of sp³-hybridized carbons (Fsp3) is 0.0417. The van der Waals surface area contributed by atoms with E-state index in [-0.39, 0.29) is 22.8 Å². The zero-order chi connectivity index (χ0) is 22.8. The molecule has 1 saturated heterocycles. The minimum absolute atomic E-state index is 0.0358. The van der Waals surface area contributed by atoms with E-state index in [9.17, 15) is 23.9 Å². The first-order valence-electron chi connectivity index (χ1n) is 9.55. The Labute approximate surface area is 187 Å². The Morgan fingerprint density at radius 3 is 2.47 bits per heavy atom. The van der Waals surface area contributed by atoms with Crippen molar-refractivity contribution in [3.8, 4) is 5.75 Å². The monoisotopic (exact) mass is 450 g/mol. The maximum atomic E-state index is 13.6. The number of imide groups is 2. The Balaban J connectivity index is 1.74. The summed E-state index contributed by atoms with van der Waals surface area (Å²) < 4.78 is 13.6. The number of hydrogen-bond acceptors (Lipinski definition) is 4. The van der Waals surface area contributed by atoms with Crippen LogP contribution in [0, 0.1) is 5.82 Å². The summed E-state index contributed by atoms with van der Waals surface area (Å²) >= 11 is 6.14. The van der Waals surface area contributed by atoms with Gasteiger partial charge >= 0.3 is 6.03 Å². The molecule has 32 heavy (non-hydrogen) atoms. The molecule has 0 bridgehead atoms. The van der Waals surface area contributed by atoms with Crippen LogP contribution in [0.5, 0.6) is 5.75 Å². The van der Waals surface area contributed by atoms with E-state index in [0.717, 1.165) is 4.90 Å². The molecule has 0 atom stereocenters. The van der Waals surface area contributed by atoms with E-state index < -0.39 is 17.8 Å². The number of phenols is 1. The lowest BCUT2D eigenvalue weighted by atomic mass is 9.97. The molecule has 1 fully saturated rings. The summed E-state index contributed by atoms with van der Waals surface area (Å²) in [7, 11) is 0. The van der Waals surface area contributed by atoms with Crippen molar-refractivity contribution in [1.82, 2.24) is 5.32 Å². The molecular weight excluding hydrogens is 435 g/mol. The van der Waals surface area contributed by atoms with E-state index in [4.69, 9.17) is 11.6 Å². The Hall–Kier alpha value is -3.97. The standard InChI is InChI=1S/C24H16ClFN2O4/c25-17-5-4-15(10-14-2-1-3-18(26)11-14)16(12-17)13-21-22(30)27-24(32)28(23(21)31)19-6-8-20(29)9-7-19/h1-9,11-13,29H,10H2,(H,27,30,32)/b21-13+. The van der Waals surface area contributed by atoms with Crippen LogP contribution < -0.4 is 10.2 Å². The molecule has 3 aromatic carbocycles. The Bertz CT molecular complexity index is 1270. The third kappa shape index (κ3) is 4.38. The number of hydrogen-bond donors (Lipinski definition) is 2. The maximum absolute atomic E-state index is 13.6. The predicted molar refractivity (Wildman–Crippen MR) is 118 cm³/mol. The summed E-state index contributed by atoms with van der Waals surface area (Å²) in [6, 6.07) is 15.6. The molecule has 8 heteroatoms. The van der Waals surface area contributed by atoms with E-state index >= 15 is 0 Å². The van der Waals surface area contributed by atoms with Crippen LogP contribution in [-0.4, -0.2) is 23.0 Å². The lowest BCUT2D eigenvalue weighted by molar-refractivity contribution is -0.122. The first-order valence-corrected chi connectivity index (χ1v) is 9.93. The molecule has 4 amide bonds. The fourth-order valence-corrected chi connectivity index (χ4v) is 3.56. The highest BCUT2D eigenvalue weighted by atomic mass is 35.5. The number of halogens is 2. The van der Waals surface area contributed by atoms with Gasteiger partial charge in [-0.3, -0.25) is 14.9 Å². The number of carbonyl (C=O) groups is 3. The molecular formula is C24H16ClFN2O4. The number of nitrogens with one attached hydrogen (secondary N) is 1. The number of barbiturate groups is 1. The SMILES string of the molecule is O=C1NC(=O)N(c2ccc(O)cc2)C(=O)/C1=C/c1cc(Cl)ccc1Cc1cccc(F)c1. The molecule has 3 aromatic rings.